The minimum Gasteiger partial charge on any atom is -0.409 e. The number of benzene rings is 2. The van der Waals surface area contributed by atoms with E-state index in [1.165, 1.54) is 4.90 Å². The van der Waals surface area contributed by atoms with Gasteiger partial charge in [-0.1, -0.05) is 36.4 Å². The van der Waals surface area contributed by atoms with Gasteiger partial charge in [-0.25, -0.2) is 4.79 Å². The van der Waals surface area contributed by atoms with Crippen molar-refractivity contribution in [1.29, 1.82) is 0 Å². The molecule has 0 aliphatic rings. The van der Waals surface area contributed by atoms with Crippen molar-refractivity contribution in [3.63, 3.8) is 0 Å². The van der Waals surface area contributed by atoms with Crippen LogP contribution in [0, 0.1) is 0 Å². The van der Waals surface area contributed by atoms with Crippen LogP contribution in [0.1, 0.15) is 15.9 Å². The Morgan fingerprint density at radius 3 is 2.48 bits per heavy atom. The number of amides is 2. The number of nitrogens with zero attached hydrogens (tertiary/aromatic N) is 2. The van der Waals surface area contributed by atoms with Gasteiger partial charge in [-0.15, -0.1) is 0 Å². The first kappa shape index (κ1) is 18.4. The second-order valence-electron chi connectivity index (χ2n) is 6.37. The van der Waals surface area contributed by atoms with Crippen molar-refractivity contribution in [2.75, 3.05) is 21.1 Å². The van der Waals surface area contributed by atoms with Crippen molar-refractivity contribution in [3.05, 3.63) is 71.9 Å². The van der Waals surface area contributed by atoms with Gasteiger partial charge in [0.25, 0.3) is 5.91 Å². The molecule has 6 nitrogen and oxygen atoms in total. The number of ether oxygens (including phenoxy) is 1. The van der Waals surface area contributed by atoms with Crippen LogP contribution in [0.3, 0.4) is 0 Å². The average molecular weight is 364 g/mol. The normalized spacial score (nSPS) is 10.5. The summed E-state index contributed by atoms with van der Waals surface area (Å²) in [7, 11) is 4.84. The minimum absolute atomic E-state index is 0.201. The van der Waals surface area contributed by atoms with Crippen LogP contribution >= 0.6 is 0 Å². The van der Waals surface area contributed by atoms with Gasteiger partial charge in [-0.05, 0) is 12.1 Å². The molecule has 1 heterocycles. The molecule has 0 aliphatic heterocycles. The van der Waals surface area contributed by atoms with Crippen LogP contribution in [0.5, 0.6) is 5.75 Å². The molecule has 0 aliphatic carbocycles. The summed E-state index contributed by atoms with van der Waals surface area (Å²) in [4.78, 5) is 25.6. The fourth-order valence-electron chi connectivity index (χ4n) is 2.81. The van der Waals surface area contributed by atoms with E-state index in [2.05, 4.69) is 5.32 Å². The molecule has 0 atom stereocenters. The van der Waals surface area contributed by atoms with E-state index in [4.69, 9.17) is 4.74 Å². The predicted molar refractivity (Wildman–Crippen MR) is 103 cm³/mol. The SMILES string of the molecule is CNC(=O)c1cc2c(OC(=O)N(C)C)cccc2[n+](Cc2ccccc2)c1. The number of nitrogens with one attached hydrogen (secondary N) is 1. The predicted octanol–water partition coefficient (Wildman–Crippen LogP) is 2.60. The Morgan fingerprint density at radius 1 is 1.07 bits per heavy atom. The number of fused-ring (bicyclic) bond motifs is 1. The zero-order valence-corrected chi connectivity index (χ0v) is 15.6. The monoisotopic (exact) mass is 364 g/mol. The van der Waals surface area contributed by atoms with Crippen LogP contribution in [-0.2, 0) is 6.54 Å². The summed E-state index contributed by atoms with van der Waals surface area (Å²) in [5.74, 6) is 0.214. The quantitative estimate of drug-likeness (QED) is 0.724. The van der Waals surface area contributed by atoms with Gasteiger partial charge in [0.05, 0.1) is 5.39 Å². The van der Waals surface area contributed by atoms with Gasteiger partial charge in [0.1, 0.15) is 11.3 Å². The van der Waals surface area contributed by atoms with Gasteiger partial charge in [-0.3, -0.25) is 4.79 Å². The maximum absolute atomic E-state index is 12.3. The summed E-state index contributed by atoms with van der Waals surface area (Å²) < 4.78 is 7.49. The summed E-state index contributed by atoms with van der Waals surface area (Å²) in [6.45, 7) is 0.591. The lowest BCUT2D eigenvalue weighted by Gasteiger charge is -2.12. The highest BCUT2D eigenvalue weighted by molar-refractivity contribution is 5.97. The number of carbonyl (C=O) groups is 2. The largest absolute Gasteiger partial charge is 0.414 e. The highest BCUT2D eigenvalue weighted by Crippen LogP contribution is 2.25. The molecule has 2 amide bonds. The Labute approximate surface area is 158 Å². The standard InChI is InChI=1S/C21H21N3O3/c1-22-20(25)16-12-17-18(10-7-11-19(17)27-21(26)23(2)3)24(14-16)13-15-8-5-4-6-9-15/h4-12,14H,13H2,1-3H3/p+1. The Morgan fingerprint density at radius 2 is 1.81 bits per heavy atom. The summed E-state index contributed by atoms with van der Waals surface area (Å²) in [6.07, 6.45) is 1.34. The number of pyridine rings is 1. The number of hydrogen-bond acceptors (Lipinski definition) is 3. The van der Waals surface area contributed by atoms with Crippen LogP contribution in [0.2, 0.25) is 0 Å². The van der Waals surface area contributed by atoms with E-state index in [0.717, 1.165) is 11.1 Å². The van der Waals surface area contributed by atoms with Gasteiger partial charge in [-0.2, -0.15) is 4.57 Å². The van der Waals surface area contributed by atoms with E-state index in [9.17, 15) is 9.59 Å². The maximum atomic E-state index is 12.3. The molecule has 6 heteroatoms. The van der Waals surface area contributed by atoms with Gasteiger partial charge in [0, 0.05) is 32.8 Å². The van der Waals surface area contributed by atoms with Crippen LogP contribution in [0.4, 0.5) is 4.79 Å². The van der Waals surface area contributed by atoms with Crippen molar-refractivity contribution in [2.45, 2.75) is 6.54 Å². The van der Waals surface area contributed by atoms with Gasteiger partial charge < -0.3 is 15.0 Å². The third kappa shape index (κ3) is 4.06. The topological polar surface area (TPSA) is 62.5 Å². The Bertz CT molecular complexity index is 985. The first-order valence-corrected chi connectivity index (χ1v) is 8.61. The molecule has 0 spiro atoms. The summed E-state index contributed by atoms with van der Waals surface area (Å²) in [6, 6.07) is 17.2. The zero-order valence-electron chi connectivity index (χ0n) is 15.6. The lowest BCUT2D eigenvalue weighted by Crippen LogP contribution is -2.37. The van der Waals surface area contributed by atoms with E-state index in [1.807, 2.05) is 53.2 Å². The molecule has 138 valence electrons. The zero-order chi connectivity index (χ0) is 19.4. The summed E-state index contributed by atoms with van der Waals surface area (Å²) in [5, 5.41) is 3.35. The van der Waals surface area contributed by atoms with Crippen molar-refractivity contribution in [1.82, 2.24) is 10.2 Å². The van der Waals surface area contributed by atoms with Gasteiger partial charge >= 0.3 is 6.09 Å². The average Bonchev–Trinajstić information content (AvgIpc) is 2.68. The highest BCUT2D eigenvalue weighted by atomic mass is 16.6. The van der Waals surface area contributed by atoms with E-state index in [-0.39, 0.29) is 5.91 Å². The van der Waals surface area contributed by atoms with Gasteiger partial charge in [0.15, 0.2) is 12.7 Å². The number of rotatable bonds is 4. The molecule has 3 rings (SSSR count). The summed E-state index contributed by atoms with van der Waals surface area (Å²) >= 11 is 0. The fourth-order valence-corrected chi connectivity index (χ4v) is 2.81. The van der Waals surface area contributed by atoms with Crippen molar-refractivity contribution < 1.29 is 18.9 Å². The fraction of sp³-hybridized carbons (Fsp3) is 0.190. The third-order valence-electron chi connectivity index (χ3n) is 4.19. The third-order valence-corrected chi connectivity index (χ3v) is 4.19. The van der Waals surface area contributed by atoms with Crippen molar-refractivity contribution >= 4 is 22.9 Å². The molecule has 0 radical (unpaired) electrons. The summed E-state index contributed by atoms with van der Waals surface area (Å²) in [5.41, 5.74) is 2.47. The van der Waals surface area contributed by atoms with Crippen LogP contribution in [0.25, 0.3) is 10.9 Å². The molecule has 3 aromatic rings. The molecular weight excluding hydrogens is 342 g/mol. The molecular formula is C21H22N3O3+. The van der Waals surface area contributed by atoms with E-state index in [1.54, 1.807) is 33.3 Å². The molecule has 1 N–H and O–H groups in total. The molecule has 27 heavy (non-hydrogen) atoms. The molecule has 0 fully saturated rings. The second kappa shape index (κ2) is 7.86. The van der Waals surface area contributed by atoms with Crippen molar-refractivity contribution in [3.8, 4) is 5.75 Å². The molecule has 1 aromatic heterocycles. The van der Waals surface area contributed by atoms with E-state index >= 15 is 0 Å². The Hall–Kier alpha value is -3.41. The highest BCUT2D eigenvalue weighted by Gasteiger charge is 2.20. The smallest absolute Gasteiger partial charge is 0.409 e. The van der Waals surface area contributed by atoms with Crippen LogP contribution in [0.15, 0.2) is 60.8 Å². The van der Waals surface area contributed by atoms with Crippen LogP contribution < -0.4 is 14.6 Å². The molecule has 0 unspecified atom stereocenters. The second-order valence-corrected chi connectivity index (χ2v) is 6.37. The Balaban J connectivity index is 2.15. The molecule has 2 aromatic carbocycles. The molecule has 0 bridgehead atoms. The Kier molecular flexibility index (Phi) is 5.35. The number of hydrogen-bond donors (Lipinski definition) is 1. The van der Waals surface area contributed by atoms with E-state index in [0.29, 0.717) is 23.2 Å². The number of aromatic nitrogens is 1. The van der Waals surface area contributed by atoms with Gasteiger partial charge in [0.2, 0.25) is 5.52 Å². The van der Waals surface area contributed by atoms with Crippen molar-refractivity contribution in [2.24, 2.45) is 0 Å². The first-order chi connectivity index (χ1) is 13.0. The lowest BCUT2D eigenvalue weighted by molar-refractivity contribution is -0.662. The number of carbonyl (C=O) groups excluding carboxylic acids is 2. The molecule has 0 saturated carbocycles. The first-order valence-electron chi connectivity index (χ1n) is 8.61. The molecule has 0 saturated heterocycles. The van der Waals surface area contributed by atoms with Crippen LogP contribution in [-0.4, -0.2) is 38.0 Å². The van der Waals surface area contributed by atoms with E-state index < -0.39 is 6.09 Å². The minimum atomic E-state index is -0.470. The lowest BCUT2D eigenvalue weighted by atomic mass is 10.1. The maximum Gasteiger partial charge on any atom is 0.414 e.